The van der Waals surface area contributed by atoms with Gasteiger partial charge in [0, 0.05) is 18.4 Å². The van der Waals surface area contributed by atoms with Gasteiger partial charge in [-0.3, -0.25) is 4.79 Å². The second-order valence-electron chi connectivity index (χ2n) is 3.61. The van der Waals surface area contributed by atoms with Crippen LogP contribution >= 0.6 is 0 Å². The van der Waals surface area contributed by atoms with Gasteiger partial charge in [-0.05, 0) is 31.2 Å². The van der Waals surface area contributed by atoms with E-state index in [0.29, 0.717) is 11.4 Å². The molecule has 1 aromatic heterocycles. The summed E-state index contributed by atoms with van der Waals surface area (Å²) in [6.45, 7) is 2.80. The van der Waals surface area contributed by atoms with Gasteiger partial charge in [0.1, 0.15) is 5.82 Å². The van der Waals surface area contributed by atoms with Crippen LogP contribution in [0.4, 0.5) is 11.5 Å². The van der Waals surface area contributed by atoms with E-state index in [9.17, 15) is 4.79 Å². The van der Waals surface area contributed by atoms with Crippen molar-refractivity contribution in [2.75, 3.05) is 11.4 Å². The van der Waals surface area contributed by atoms with Crippen molar-refractivity contribution in [1.82, 2.24) is 4.98 Å². The summed E-state index contributed by atoms with van der Waals surface area (Å²) < 4.78 is 0. The summed E-state index contributed by atoms with van der Waals surface area (Å²) in [5.41, 5.74) is 1.65. The third-order valence-electron chi connectivity index (χ3n) is 2.58. The maximum atomic E-state index is 11.0. The molecular weight excluding hydrogens is 212 g/mol. The zero-order valence-electron chi connectivity index (χ0n) is 9.71. The summed E-state index contributed by atoms with van der Waals surface area (Å²) >= 11 is 0. The zero-order valence-corrected chi connectivity index (χ0v) is 9.71. The molecule has 0 radical (unpaired) electrons. The second kappa shape index (κ2) is 5.25. The predicted molar refractivity (Wildman–Crippen MR) is 68.7 cm³/mol. The number of aromatic nitrogens is 1. The summed E-state index contributed by atoms with van der Waals surface area (Å²) in [6.07, 6.45) is 2.54. The van der Waals surface area contributed by atoms with Crippen LogP contribution in [-0.2, 0) is 0 Å². The van der Waals surface area contributed by atoms with E-state index in [1.54, 1.807) is 18.3 Å². The molecule has 0 unspecified atom stereocenters. The molecule has 0 fully saturated rings. The van der Waals surface area contributed by atoms with Gasteiger partial charge in [-0.2, -0.15) is 0 Å². The average molecular weight is 226 g/mol. The average Bonchev–Trinajstić information content (AvgIpc) is 2.41. The highest BCUT2D eigenvalue weighted by Crippen LogP contribution is 2.24. The van der Waals surface area contributed by atoms with Gasteiger partial charge in [0.2, 0.25) is 0 Å². The van der Waals surface area contributed by atoms with E-state index in [4.69, 9.17) is 0 Å². The Kier molecular flexibility index (Phi) is 3.50. The summed E-state index contributed by atoms with van der Waals surface area (Å²) in [5.74, 6) is 0.705. The Labute approximate surface area is 101 Å². The lowest BCUT2D eigenvalue weighted by Crippen LogP contribution is -2.18. The van der Waals surface area contributed by atoms with Crippen molar-refractivity contribution >= 4 is 17.8 Å². The number of rotatable bonds is 4. The van der Waals surface area contributed by atoms with Crippen molar-refractivity contribution in [3.63, 3.8) is 0 Å². The van der Waals surface area contributed by atoms with Crippen molar-refractivity contribution in [3.05, 3.63) is 54.2 Å². The van der Waals surface area contributed by atoms with E-state index in [1.807, 2.05) is 42.2 Å². The molecule has 86 valence electrons. The quantitative estimate of drug-likeness (QED) is 0.751. The molecule has 1 aromatic carbocycles. The number of carbonyl (C=O) groups excluding carboxylic acids is 1. The largest absolute Gasteiger partial charge is 0.326 e. The molecule has 0 saturated heterocycles. The molecule has 0 N–H and O–H groups in total. The molecule has 1 heterocycles. The molecule has 3 heteroatoms. The molecule has 0 saturated carbocycles. The van der Waals surface area contributed by atoms with Gasteiger partial charge in [-0.1, -0.05) is 18.2 Å². The molecule has 0 aliphatic rings. The Bertz CT molecular complexity index is 497. The number of aldehydes is 1. The molecule has 2 aromatic rings. The van der Waals surface area contributed by atoms with Crippen LogP contribution in [0.25, 0.3) is 0 Å². The van der Waals surface area contributed by atoms with Gasteiger partial charge in [-0.25, -0.2) is 4.98 Å². The van der Waals surface area contributed by atoms with Crippen molar-refractivity contribution in [1.29, 1.82) is 0 Å². The smallest absolute Gasteiger partial charge is 0.153 e. The van der Waals surface area contributed by atoms with Crippen molar-refractivity contribution in [3.8, 4) is 0 Å². The van der Waals surface area contributed by atoms with Crippen LogP contribution in [0.2, 0.25) is 0 Å². The molecule has 2 rings (SSSR count). The number of hydrogen-bond donors (Lipinski definition) is 0. The fraction of sp³-hybridized carbons (Fsp3) is 0.143. The molecule has 0 aliphatic heterocycles. The highest BCUT2D eigenvalue weighted by Gasteiger charge is 2.11. The first-order valence-corrected chi connectivity index (χ1v) is 5.59. The second-order valence-corrected chi connectivity index (χ2v) is 3.61. The Morgan fingerprint density at radius 2 is 1.94 bits per heavy atom. The number of nitrogens with zero attached hydrogens (tertiary/aromatic N) is 2. The van der Waals surface area contributed by atoms with E-state index in [-0.39, 0.29) is 0 Å². The van der Waals surface area contributed by atoms with Crippen LogP contribution < -0.4 is 4.90 Å². The molecule has 0 amide bonds. The first-order valence-electron chi connectivity index (χ1n) is 5.59. The van der Waals surface area contributed by atoms with Crippen molar-refractivity contribution < 1.29 is 4.79 Å². The van der Waals surface area contributed by atoms with E-state index in [2.05, 4.69) is 4.98 Å². The standard InChI is InChI=1S/C14H14N2O/c1-2-16(13-8-4-3-5-9-13)14-12(11-17)7-6-10-15-14/h3-11H,2H2,1H3. The van der Waals surface area contributed by atoms with Crippen LogP contribution in [0.15, 0.2) is 48.7 Å². The normalized spacial score (nSPS) is 9.94. The van der Waals surface area contributed by atoms with Gasteiger partial charge in [-0.15, -0.1) is 0 Å². The van der Waals surface area contributed by atoms with Crippen LogP contribution in [0.3, 0.4) is 0 Å². The van der Waals surface area contributed by atoms with Crippen LogP contribution in [-0.4, -0.2) is 17.8 Å². The maximum absolute atomic E-state index is 11.0. The van der Waals surface area contributed by atoms with E-state index >= 15 is 0 Å². The number of benzene rings is 1. The molecule has 3 nitrogen and oxygen atoms in total. The van der Waals surface area contributed by atoms with Gasteiger partial charge >= 0.3 is 0 Å². The number of carbonyl (C=O) groups is 1. The summed E-state index contributed by atoms with van der Waals surface area (Å²) in [5, 5.41) is 0. The molecule has 17 heavy (non-hydrogen) atoms. The lowest BCUT2D eigenvalue weighted by atomic mass is 10.2. The van der Waals surface area contributed by atoms with E-state index < -0.39 is 0 Å². The molecule has 0 spiro atoms. The minimum absolute atomic E-state index is 0.609. The predicted octanol–water partition coefficient (Wildman–Crippen LogP) is 3.05. The fourth-order valence-electron chi connectivity index (χ4n) is 1.79. The minimum Gasteiger partial charge on any atom is -0.326 e. The Morgan fingerprint density at radius 1 is 1.18 bits per heavy atom. The van der Waals surface area contributed by atoms with Gasteiger partial charge in [0.05, 0.1) is 5.56 Å². The third-order valence-corrected chi connectivity index (χ3v) is 2.58. The lowest BCUT2D eigenvalue weighted by molar-refractivity contribution is 0.112. The van der Waals surface area contributed by atoms with Gasteiger partial charge in [0.25, 0.3) is 0 Å². The number of hydrogen-bond acceptors (Lipinski definition) is 3. The van der Waals surface area contributed by atoms with E-state index in [0.717, 1.165) is 18.5 Å². The Morgan fingerprint density at radius 3 is 2.59 bits per heavy atom. The van der Waals surface area contributed by atoms with Gasteiger partial charge < -0.3 is 4.90 Å². The minimum atomic E-state index is 0.609. The first-order chi connectivity index (χ1) is 8.36. The fourth-order valence-corrected chi connectivity index (χ4v) is 1.79. The number of pyridine rings is 1. The summed E-state index contributed by atoms with van der Waals surface area (Å²) in [7, 11) is 0. The van der Waals surface area contributed by atoms with Gasteiger partial charge in [0.15, 0.2) is 6.29 Å². The lowest BCUT2D eigenvalue weighted by Gasteiger charge is -2.23. The van der Waals surface area contributed by atoms with Crippen molar-refractivity contribution in [2.45, 2.75) is 6.92 Å². The van der Waals surface area contributed by atoms with E-state index in [1.165, 1.54) is 0 Å². The summed E-state index contributed by atoms with van der Waals surface area (Å²) in [6, 6.07) is 13.5. The highest BCUT2D eigenvalue weighted by atomic mass is 16.1. The zero-order chi connectivity index (χ0) is 12.1. The molecule has 0 aliphatic carbocycles. The number of para-hydroxylation sites is 1. The topological polar surface area (TPSA) is 33.2 Å². The Hall–Kier alpha value is -2.16. The third kappa shape index (κ3) is 2.33. The first kappa shape index (κ1) is 11.3. The Balaban J connectivity index is 2.46. The SMILES string of the molecule is CCN(c1ccccc1)c1ncccc1C=O. The van der Waals surface area contributed by atoms with Crippen molar-refractivity contribution in [2.24, 2.45) is 0 Å². The highest BCUT2D eigenvalue weighted by molar-refractivity contribution is 5.84. The molecule has 0 atom stereocenters. The molecular formula is C14H14N2O. The van der Waals surface area contributed by atoms with Crippen LogP contribution in [0.1, 0.15) is 17.3 Å². The monoisotopic (exact) mass is 226 g/mol. The van der Waals surface area contributed by atoms with Crippen LogP contribution in [0.5, 0.6) is 0 Å². The van der Waals surface area contributed by atoms with Crippen LogP contribution in [0, 0.1) is 0 Å². The number of anilines is 2. The summed E-state index contributed by atoms with van der Waals surface area (Å²) in [4.78, 5) is 17.3. The molecule has 0 bridgehead atoms. The maximum Gasteiger partial charge on any atom is 0.153 e.